The highest BCUT2D eigenvalue weighted by Crippen LogP contribution is 2.65. The summed E-state index contributed by atoms with van der Waals surface area (Å²) in [5, 5.41) is 31.0. The van der Waals surface area contributed by atoms with E-state index in [0.717, 1.165) is 31.2 Å². The first-order valence-corrected chi connectivity index (χ1v) is 10.4. The third-order valence-corrected chi connectivity index (χ3v) is 7.84. The summed E-state index contributed by atoms with van der Waals surface area (Å²) >= 11 is 2.19. The fourth-order valence-electron chi connectivity index (χ4n) is 6.18. The molecule has 0 bridgehead atoms. The van der Waals surface area contributed by atoms with E-state index in [2.05, 4.69) is 41.7 Å². The number of nitriles is 1. The lowest BCUT2D eigenvalue weighted by Gasteiger charge is -2.53. The first-order valence-electron chi connectivity index (χ1n) is 9.15. The van der Waals surface area contributed by atoms with E-state index in [-0.39, 0.29) is 17.1 Å². The van der Waals surface area contributed by atoms with Crippen molar-refractivity contribution in [3.05, 3.63) is 39.5 Å². The van der Waals surface area contributed by atoms with Crippen molar-refractivity contribution >= 4 is 22.6 Å². The predicted molar refractivity (Wildman–Crippen MR) is 105 cm³/mol. The molecule has 3 nitrogen and oxygen atoms in total. The summed E-state index contributed by atoms with van der Waals surface area (Å²) < 4.78 is 1.94. The lowest BCUT2D eigenvalue weighted by atomic mass is 9.51. The second-order valence-electron chi connectivity index (χ2n) is 8.32. The number of hydrogen-bond acceptors (Lipinski definition) is 3. The van der Waals surface area contributed by atoms with Gasteiger partial charge in [0.2, 0.25) is 0 Å². The third kappa shape index (κ3) is 2.39. The summed E-state index contributed by atoms with van der Waals surface area (Å²) in [5.74, 6) is 1.30. The van der Waals surface area contributed by atoms with Crippen molar-refractivity contribution in [2.75, 3.05) is 0 Å². The molecule has 132 valence electrons. The smallest absolute Gasteiger partial charge is 0.115 e. The van der Waals surface area contributed by atoms with Crippen LogP contribution in [0.5, 0.6) is 5.75 Å². The first kappa shape index (κ1) is 17.4. The molecule has 6 atom stereocenters. The second kappa shape index (κ2) is 5.99. The summed E-state index contributed by atoms with van der Waals surface area (Å²) in [6, 6.07) is 8.25. The van der Waals surface area contributed by atoms with E-state index >= 15 is 0 Å². The molecule has 2 fully saturated rings. The Kier molecular flexibility index (Phi) is 4.16. The summed E-state index contributed by atoms with van der Waals surface area (Å²) in [5.41, 5.74) is 1.55. The number of fused-ring (bicyclic) bond motifs is 5. The van der Waals surface area contributed by atoms with Crippen LogP contribution in [0.4, 0.5) is 0 Å². The van der Waals surface area contributed by atoms with Gasteiger partial charge in [0.05, 0.1) is 17.6 Å². The number of phenolic OH excluding ortho intramolecular Hbond substituents is 1. The maximum Gasteiger partial charge on any atom is 0.115 e. The third-order valence-electron chi connectivity index (χ3n) is 7.48. The summed E-state index contributed by atoms with van der Waals surface area (Å²) in [4.78, 5) is 0. The van der Waals surface area contributed by atoms with Crippen LogP contribution in [0, 0.1) is 34.5 Å². The number of benzene rings is 1. The first-order chi connectivity index (χ1) is 11.9. The standard InChI is InChI=1S/C21H24INO2/c1-20-6-4-17-16-3-2-15(24)11-13(16)10-14(12-23)19(17)18(20)5-7-21(20,25)8-9-22/h2-3,8-9,11,14,17-19,24-25H,4-7,10H2,1H3/b9-8+/t14-,17?,18?,19?,20-,21+/m0/s1. The Morgan fingerprint density at radius 3 is 2.84 bits per heavy atom. The number of rotatable bonds is 1. The van der Waals surface area contributed by atoms with Crippen molar-refractivity contribution in [2.45, 2.75) is 50.5 Å². The van der Waals surface area contributed by atoms with Crippen molar-refractivity contribution in [1.82, 2.24) is 0 Å². The molecule has 25 heavy (non-hydrogen) atoms. The normalized spacial score (nSPS) is 42.5. The number of halogens is 1. The molecule has 0 aromatic heterocycles. The molecule has 0 spiro atoms. The van der Waals surface area contributed by atoms with Gasteiger partial charge in [-0.25, -0.2) is 0 Å². The molecule has 0 heterocycles. The summed E-state index contributed by atoms with van der Waals surface area (Å²) in [7, 11) is 0. The molecule has 0 aliphatic heterocycles. The Balaban J connectivity index is 1.78. The zero-order valence-corrected chi connectivity index (χ0v) is 16.6. The van der Waals surface area contributed by atoms with Crippen LogP contribution in [-0.2, 0) is 6.42 Å². The molecule has 0 radical (unpaired) electrons. The number of aromatic hydroxyl groups is 1. The minimum absolute atomic E-state index is 0.0325. The van der Waals surface area contributed by atoms with Crippen molar-refractivity contribution in [3.8, 4) is 11.8 Å². The number of phenols is 1. The fourth-order valence-corrected chi connectivity index (χ4v) is 6.78. The Morgan fingerprint density at radius 2 is 2.12 bits per heavy atom. The van der Waals surface area contributed by atoms with Gasteiger partial charge in [-0.3, -0.25) is 0 Å². The van der Waals surface area contributed by atoms with Crippen LogP contribution in [0.15, 0.2) is 28.4 Å². The van der Waals surface area contributed by atoms with Crippen LogP contribution in [-0.4, -0.2) is 15.8 Å². The summed E-state index contributed by atoms with van der Waals surface area (Å²) in [6.45, 7) is 2.23. The van der Waals surface area contributed by atoms with E-state index in [9.17, 15) is 15.5 Å². The average Bonchev–Trinajstić information content (AvgIpc) is 2.85. The quantitative estimate of drug-likeness (QED) is 0.613. The molecule has 4 heteroatoms. The van der Waals surface area contributed by atoms with Crippen LogP contribution in [0.3, 0.4) is 0 Å². The average molecular weight is 449 g/mol. The summed E-state index contributed by atoms with van der Waals surface area (Å²) in [6.07, 6.45) is 6.45. The highest BCUT2D eigenvalue weighted by atomic mass is 127. The zero-order valence-electron chi connectivity index (χ0n) is 14.5. The van der Waals surface area contributed by atoms with Crippen LogP contribution < -0.4 is 0 Å². The molecule has 1 aromatic carbocycles. The molecule has 0 amide bonds. The highest BCUT2D eigenvalue weighted by Gasteiger charge is 2.62. The van der Waals surface area contributed by atoms with Gasteiger partial charge in [0.15, 0.2) is 0 Å². The van der Waals surface area contributed by atoms with Gasteiger partial charge in [-0.15, -0.1) is 0 Å². The zero-order chi connectivity index (χ0) is 17.8. The molecule has 2 saturated carbocycles. The molecular weight excluding hydrogens is 425 g/mol. The van der Waals surface area contributed by atoms with Crippen LogP contribution in [0.25, 0.3) is 0 Å². The number of nitrogens with zero attached hydrogens (tertiary/aromatic N) is 1. The van der Waals surface area contributed by atoms with E-state index in [4.69, 9.17) is 0 Å². The fraction of sp³-hybridized carbons (Fsp3) is 0.571. The Bertz CT molecular complexity index is 770. The molecule has 3 aliphatic rings. The topological polar surface area (TPSA) is 64.2 Å². The number of hydrogen-bond donors (Lipinski definition) is 2. The lowest BCUT2D eigenvalue weighted by molar-refractivity contribution is -0.0761. The van der Waals surface area contributed by atoms with Crippen molar-refractivity contribution in [1.29, 1.82) is 5.26 Å². The van der Waals surface area contributed by atoms with Crippen molar-refractivity contribution in [2.24, 2.45) is 23.2 Å². The van der Waals surface area contributed by atoms with E-state index in [0.29, 0.717) is 24.2 Å². The number of aliphatic hydroxyl groups is 1. The molecule has 2 N–H and O–H groups in total. The molecule has 1 aromatic rings. The van der Waals surface area contributed by atoms with Gasteiger partial charge < -0.3 is 10.2 Å². The highest BCUT2D eigenvalue weighted by molar-refractivity contribution is 14.1. The minimum atomic E-state index is -0.751. The van der Waals surface area contributed by atoms with Crippen molar-refractivity contribution in [3.63, 3.8) is 0 Å². The second-order valence-corrected chi connectivity index (χ2v) is 9.04. The van der Waals surface area contributed by atoms with Gasteiger partial charge in [-0.1, -0.05) is 35.6 Å². The van der Waals surface area contributed by atoms with E-state index in [1.54, 1.807) is 6.07 Å². The molecule has 3 aliphatic carbocycles. The molecular formula is C21H24INO2. The Hall–Kier alpha value is -1.06. The van der Waals surface area contributed by atoms with Crippen LogP contribution in [0.1, 0.15) is 49.7 Å². The predicted octanol–water partition coefficient (Wildman–Crippen LogP) is 4.68. The van der Waals surface area contributed by atoms with E-state index in [1.807, 2.05) is 16.2 Å². The largest absolute Gasteiger partial charge is 0.508 e. The molecule has 3 unspecified atom stereocenters. The molecule has 4 rings (SSSR count). The van der Waals surface area contributed by atoms with Gasteiger partial charge in [0, 0.05) is 5.41 Å². The monoisotopic (exact) mass is 449 g/mol. The van der Waals surface area contributed by atoms with Gasteiger partial charge in [0.25, 0.3) is 0 Å². The SMILES string of the molecule is C[C@]12CCC3c4ccc(O)cc4C[C@@H](C#N)C3C1CC[C@@]2(O)/C=C/I. The van der Waals surface area contributed by atoms with Crippen LogP contribution >= 0.6 is 22.6 Å². The van der Waals surface area contributed by atoms with Gasteiger partial charge in [-0.05, 0) is 83.3 Å². The maximum absolute atomic E-state index is 11.3. The minimum Gasteiger partial charge on any atom is -0.508 e. The van der Waals surface area contributed by atoms with Gasteiger partial charge in [0.1, 0.15) is 5.75 Å². The van der Waals surface area contributed by atoms with Crippen LogP contribution in [0.2, 0.25) is 0 Å². The van der Waals surface area contributed by atoms with E-state index in [1.165, 1.54) is 5.56 Å². The van der Waals surface area contributed by atoms with Gasteiger partial charge >= 0.3 is 0 Å². The molecule has 0 saturated heterocycles. The maximum atomic E-state index is 11.3. The van der Waals surface area contributed by atoms with E-state index < -0.39 is 5.60 Å². The van der Waals surface area contributed by atoms with Crippen molar-refractivity contribution < 1.29 is 10.2 Å². The Morgan fingerprint density at radius 1 is 1.32 bits per heavy atom. The lowest BCUT2D eigenvalue weighted by Crippen LogP contribution is -2.51. The van der Waals surface area contributed by atoms with Gasteiger partial charge in [-0.2, -0.15) is 5.26 Å². The Labute approximate surface area is 162 Å².